The lowest BCUT2D eigenvalue weighted by atomic mass is 9.97. The zero-order valence-electron chi connectivity index (χ0n) is 16.2. The number of rotatable bonds is 3. The number of carbonyl (C=O) groups excluding carboxylic acids is 3. The third kappa shape index (κ3) is 3.53. The summed E-state index contributed by atoms with van der Waals surface area (Å²) < 4.78 is 0. The molecule has 3 heterocycles. The predicted molar refractivity (Wildman–Crippen MR) is 109 cm³/mol. The maximum Gasteiger partial charge on any atom is 0.325 e. The van der Waals surface area contributed by atoms with Crippen LogP contribution in [0.3, 0.4) is 0 Å². The monoisotopic (exact) mass is 439 g/mol. The highest BCUT2D eigenvalue weighted by molar-refractivity contribution is 6.36. The number of amides is 4. The van der Waals surface area contributed by atoms with Crippen LogP contribution >= 0.6 is 23.2 Å². The number of imide groups is 1. The number of urea groups is 1. The molecule has 8 nitrogen and oxygen atoms in total. The van der Waals surface area contributed by atoms with E-state index in [4.69, 9.17) is 23.2 Å². The Kier molecular flexibility index (Phi) is 5.33. The molecule has 3 fully saturated rings. The van der Waals surface area contributed by atoms with Crippen LogP contribution in [-0.4, -0.2) is 70.4 Å². The van der Waals surface area contributed by atoms with E-state index in [-0.39, 0.29) is 11.8 Å². The van der Waals surface area contributed by atoms with E-state index in [0.29, 0.717) is 54.9 Å². The van der Waals surface area contributed by atoms with E-state index < -0.39 is 17.6 Å². The van der Waals surface area contributed by atoms with Crippen molar-refractivity contribution in [2.75, 3.05) is 31.1 Å². The lowest BCUT2D eigenvalue weighted by molar-refractivity contribution is -0.143. The summed E-state index contributed by atoms with van der Waals surface area (Å²) in [7, 11) is 0. The molecule has 1 aromatic heterocycles. The molecule has 1 N–H and O–H groups in total. The summed E-state index contributed by atoms with van der Waals surface area (Å²) in [5.41, 5.74) is -0.804. The van der Waals surface area contributed by atoms with Gasteiger partial charge in [0.1, 0.15) is 17.4 Å². The predicted octanol–water partition coefficient (Wildman–Crippen LogP) is 2.29. The SMILES string of the molecule is CC(C(=O)N1CCN(c2ncc(Cl)cc2Cl)CC1)N1C(=O)NC2(CCCC2)C1=O. The molecular formula is C19H23Cl2N5O3. The van der Waals surface area contributed by atoms with Crippen LogP contribution in [0.2, 0.25) is 10.0 Å². The first-order valence-electron chi connectivity index (χ1n) is 9.83. The molecule has 1 atom stereocenters. The van der Waals surface area contributed by atoms with Crippen LogP contribution in [0.5, 0.6) is 0 Å². The Hall–Kier alpha value is -2.06. The van der Waals surface area contributed by atoms with Crippen LogP contribution in [0.1, 0.15) is 32.6 Å². The molecule has 2 aliphatic heterocycles. The molecule has 156 valence electrons. The first-order chi connectivity index (χ1) is 13.8. The molecule has 1 aromatic rings. The average Bonchev–Trinajstić information content (AvgIpc) is 3.26. The molecule has 4 rings (SSSR count). The second kappa shape index (κ2) is 7.65. The summed E-state index contributed by atoms with van der Waals surface area (Å²) in [6.45, 7) is 3.64. The van der Waals surface area contributed by atoms with Crippen LogP contribution in [0.25, 0.3) is 0 Å². The first-order valence-corrected chi connectivity index (χ1v) is 10.6. The van der Waals surface area contributed by atoms with Gasteiger partial charge in [-0.2, -0.15) is 0 Å². The van der Waals surface area contributed by atoms with Gasteiger partial charge in [-0.3, -0.25) is 9.59 Å². The maximum absolute atomic E-state index is 13.0. The van der Waals surface area contributed by atoms with Crippen LogP contribution < -0.4 is 10.2 Å². The molecule has 0 bridgehead atoms. The number of aromatic nitrogens is 1. The van der Waals surface area contributed by atoms with E-state index in [1.807, 2.05) is 4.90 Å². The molecular weight excluding hydrogens is 417 g/mol. The fourth-order valence-corrected chi connectivity index (χ4v) is 4.96. The Labute approximate surface area is 179 Å². The fourth-order valence-electron chi connectivity index (χ4n) is 4.46. The number of anilines is 1. The highest BCUT2D eigenvalue weighted by Crippen LogP contribution is 2.36. The zero-order valence-corrected chi connectivity index (χ0v) is 17.7. The highest BCUT2D eigenvalue weighted by Gasteiger charge is 2.54. The normalized spacial score (nSPS) is 22.4. The summed E-state index contributed by atoms with van der Waals surface area (Å²) in [6, 6.07) is 0.349. The molecule has 4 amide bonds. The quantitative estimate of drug-likeness (QED) is 0.730. The van der Waals surface area contributed by atoms with Gasteiger partial charge in [-0.25, -0.2) is 14.7 Å². The van der Waals surface area contributed by atoms with Gasteiger partial charge in [0.05, 0.1) is 10.0 Å². The second-order valence-corrected chi connectivity index (χ2v) is 8.69. The largest absolute Gasteiger partial charge is 0.352 e. The van der Waals surface area contributed by atoms with Crippen molar-refractivity contribution in [3.05, 3.63) is 22.3 Å². The highest BCUT2D eigenvalue weighted by atomic mass is 35.5. The smallest absolute Gasteiger partial charge is 0.325 e. The van der Waals surface area contributed by atoms with Gasteiger partial charge in [0.2, 0.25) is 5.91 Å². The van der Waals surface area contributed by atoms with Crippen molar-refractivity contribution < 1.29 is 14.4 Å². The van der Waals surface area contributed by atoms with Crippen molar-refractivity contribution in [2.24, 2.45) is 0 Å². The number of nitrogens with one attached hydrogen (secondary N) is 1. The minimum atomic E-state index is -0.828. The van der Waals surface area contributed by atoms with Gasteiger partial charge in [0.15, 0.2) is 0 Å². The van der Waals surface area contributed by atoms with Gasteiger partial charge in [0, 0.05) is 32.4 Å². The van der Waals surface area contributed by atoms with Crippen molar-refractivity contribution in [2.45, 2.75) is 44.2 Å². The van der Waals surface area contributed by atoms with Crippen molar-refractivity contribution in [1.29, 1.82) is 0 Å². The number of hydrogen-bond donors (Lipinski definition) is 1. The molecule has 0 aromatic carbocycles. The van der Waals surface area contributed by atoms with Gasteiger partial charge in [-0.15, -0.1) is 0 Å². The zero-order chi connectivity index (χ0) is 20.8. The van der Waals surface area contributed by atoms with Crippen LogP contribution in [-0.2, 0) is 9.59 Å². The molecule has 1 spiro atoms. The molecule has 1 aliphatic carbocycles. The molecule has 29 heavy (non-hydrogen) atoms. The number of piperazine rings is 1. The van der Waals surface area contributed by atoms with E-state index >= 15 is 0 Å². The summed E-state index contributed by atoms with van der Waals surface area (Å²) in [5, 5.41) is 3.76. The van der Waals surface area contributed by atoms with E-state index in [0.717, 1.165) is 17.7 Å². The number of hydrogen-bond acceptors (Lipinski definition) is 5. The van der Waals surface area contributed by atoms with Crippen molar-refractivity contribution in [3.63, 3.8) is 0 Å². The Morgan fingerprint density at radius 3 is 2.45 bits per heavy atom. The van der Waals surface area contributed by atoms with Gasteiger partial charge < -0.3 is 15.1 Å². The Balaban J connectivity index is 1.40. The lowest BCUT2D eigenvalue weighted by Crippen LogP contribution is -2.56. The topological polar surface area (TPSA) is 85.8 Å². The third-order valence-electron chi connectivity index (χ3n) is 6.07. The summed E-state index contributed by atoms with van der Waals surface area (Å²) in [4.78, 5) is 47.4. The van der Waals surface area contributed by atoms with Crippen LogP contribution in [0.15, 0.2) is 12.3 Å². The minimum absolute atomic E-state index is 0.224. The van der Waals surface area contributed by atoms with Crippen molar-refractivity contribution >= 4 is 46.9 Å². The maximum atomic E-state index is 13.0. The van der Waals surface area contributed by atoms with Gasteiger partial charge in [-0.05, 0) is 25.8 Å². The Morgan fingerprint density at radius 1 is 1.17 bits per heavy atom. The Bertz CT molecular complexity index is 850. The average molecular weight is 440 g/mol. The number of carbonyl (C=O) groups is 3. The Morgan fingerprint density at radius 2 is 1.83 bits per heavy atom. The summed E-state index contributed by atoms with van der Waals surface area (Å²) in [6.07, 6.45) is 4.64. The van der Waals surface area contributed by atoms with Gasteiger partial charge >= 0.3 is 6.03 Å². The molecule has 2 saturated heterocycles. The first kappa shape index (κ1) is 20.2. The van der Waals surface area contributed by atoms with Crippen LogP contribution in [0.4, 0.5) is 10.6 Å². The van der Waals surface area contributed by atoms with Crippen molar-refractivity contribution in [3.8, 4) is 0 Å². The van der Waals surface area contributed by atoms with Gasteiger partial charge in [-0.1, -0.05) is 36.0 Å². The summed E-state index contributed by atoms with van der Waals surface area (Å²) in [5.74, 6) is 0.142. The number of nitrogens with zero attached hydrogens (tertiary/aromatic N) is 4. The molecule has 1 saturated carbocycles. The second-order valence-electron chi connectivity index (χ2n) is 7.84. The van der Waals surface area contributed by atoms with E-state index in [2.05, 4.69) is 10.3 Å². The lowest BCUT2D eigenvalue weighted by Gasteiger charge is -2.37. The fraction of sp³-hybridized carbons (Fsp3) is 0.579. The third-order valence-corrected chi connectivity index (χ3v) is 6.56. The van der Waals surface area contributed by atoms with Gasteiger partial charge in [0.25, 0.3) is 5.91 Å². The van der Waals surface area contributed by atoms with Crippen LogP contribution in [0, 0.1) is 0 Å². The van der Waals surface area contributed by atoms with E-state index in [9.17, 15) is 14.4 Å². The number of pyridine rings is 1. The molecule has 3 aliphatic rings. The standard InChI is InChI=1S/C19H23Cl2N5O3/c1-12(26-17(28)19(23-18(26)29)4-2-3-5-19)16(27)25-8-6-24(7-9-25)15-14(21)10-13(20)11-22-15/h10-12H,2-9H2,1H3,(H,23,29). The molecule has 10 heteroatoms. The van der Waals surface area contributed by atoms with Crippen molar-refractivity contribution in [1.82, 2.24) is 20.1 Å². The summed E-state index contributed by atoms with van der Waals surface area (Å²) >= 11 is 12.1. The minimum Gasteiger partial charge on any atom is -0.352 e. The van der Waals surface area contributed by atoms with E-state index in [1.165, 1.54) is 0 Å². The number of halogens is 2. The van der Waals surface area contributed by atoms with E-state index in [1.54, 1.807) is 24.1 Å². The molecule has 0 radical (unpaired) electrons. The molecule has 1 unspecified atom stereocenters.